The fourth-order valence-electron chi connectivity index (χ4n) is 7.60. The van der Waals surface area contributed by atoms with Gasteiger partial charge in [0.15, 0.2) is 0 Å². The number of fused-ring (bicyclic) bond motifs is 1. The molecule has 3 aromatic carbocycles. The van der Waals surface area contributed by atoms with Gasteiger partial charge in [0, 0.05) is 10.9 Å². The van der Waals surface area contributed by atoms with Gasteiger partial charge in [-0.3, -0.25) is 14.4 Å². The molecule has 3 N–H and O–H groups in total. The number of hydrogen-bond acceptors (Lipinski definition) is 6. The minimum absolute atomic E-state index is 0.0277. The van der Waals surface area contributed by atoms with Crippen molar-refractivity contribution in [3.8, 4) is 5.75 Å². The van der Waals surface area contributed by atoms with Crippen molar-refractivity contribution in [2.24, 2.45) is 17.8 Å². The maximum Gasteiger partial charge on any atom is 0.248 e. The van der Waals surface area contributed by atoms with E-state index < -0.39 is 28.7 Å². The van der Waals surface area contributed by atoms with E-state index in [1.54, 1.807) is 47.0 Å². The molecular formula is C35H38ClN3O5S. The maximum absolute atomic E-state index is 14.7. The summed E-state index contributed by atoms with van der Waals surface area (Å²) in [5.41, 5.74) is 2.85. The number of carbonyl (C=O) groups is 3. The number of hydrogen-bond donors (Lipinski definition) is 3. The van der Waals surface area contributed by atoms with E-state index in [0.717, 1.165) is 11.1 Å². The number of ether oxygens (including phenoxy) is 1. The molecule has 0 saturated carbocycles. The van der Waals surface area contributed by atoms with Crippen molar-refractivity contribution in [1.82, 2.24) is 4.90 Å². The van der Waals surface area contributed by atoms with Crippen molar-refractivity contribution in [3.63, 3.8) is 0 Å². The lowest BCUT2D eigenvalue weighted by Crippen LogP contribution is -2.57. The Bertz CT molecular complexity index is 1570. The van der Waals surface area contributed by atoms with Crippen LogP contribution in [0.4, 0.5) is 11.4 Å². The monoisotopic (exact) mass is 647 g/mol. The molecule has 10 heteroatoms. The predicted octanol–water partition coefficient (Wildman–Crippen LogP) is 5.57. The number of aliphatic hydroxyl groups is 1. The Morgan fingerprint density at radius 1 is 1.07 bits per heavy atom. The van der Waals surface area contributed by atoms with Crippen LogP contribution in [0.15, 0.2) is 72.8 Å². The average Bonchev–Trinajstić information content (AvgIpc) is 3.63. The lowest BCUT2D eigenvalue weighted by molar-refractivity contribution is -0.141. The normalized spacial score (nSPS) is 27.3. The molecule has 6 rings (SSSR count). The average molecular weight is 648 g/mol. The Hall–Kier alpha value is -3.53. The van der Waals surface area contributed by atoms with Gasteiger partial charge in [-0.05, 0) is 74.1 Å². The molecule has 3 amide bonds. The van der Waals surface area contributed by atoms with Gasteiger partial charge in [-0.2, -0.15) is 0 Å². The molecule has 0 aromatic heterocycles. The Kier molecular flexibility index (Phi) is 8.87. The van der Waals surface area contributed by atoms with Crippen LogP contribution < -0.4 is 15.4 Å². The number of anilines is 2. The number of para-hydroxylation sites is 1. The zero-order valence-electron chi connectivity index (χ0n) is 25.5. The van der Waals surface area contributed by atoms with Gasteiger partial charge in [-0.1, -0.05) is 61.0 Å². The second-order valence-electron chi connectivity index (χ2n) is 12.2. The molecule has 3 aliphatic heterocycles. The lowest BCUT2D eigenvalue weighted by Gasteiger charge is -2.40. The largest absolute Gasteiger partial charge is 0.494 e. The van der Waals surface area contributed by atoms with Gasteiger partial charge >= 0.3 is 0 Å². The summed E-state index contributed by atoms with van der Waals surface area (Å²) in [4.78, 5) is 44.8. The maximum atomic E-state index is 14.7. The van der Waals surface area contributed by atoms with Crippen molar-refractivity contribution in [2.45, 2.75) is 55.7 Å². The summed E-state index contributed by atoms with van der Waals surface area (Å²) in [5.74, 6) is -1.56. The van der Waals surface area contributed by atoms with Crippen LogP contribution in [-0.2, 0) is 20.8 Å². The van der Waals surface area contributed by atoms with E-state index in [4.69, 9.17) is 16.3 Å². The zero-order valence-corrected chi connectivity index (χ0v) is 27.1. The lowest BCUT2D eigenvalue weighted by atomic mass is 9.66. The van der Waals surface area contributed by atoms with Gasteiger partial charge < -0.3 is 25.4 Å². The highest BCUT2D eigenvalue weighted by atomic mass is 35.5. The SMILES string of the molecule is CCOc1ccc(NC(=O)[C@@H]2[C@@H]3CC(C)C4(S3)C(C(=O)Nc3c(C)cccc3Cl)N([C@@H](CO)Cc3ccccc3)C(=O)[C@H]24)cc1. The summed E-state index contributed by atoms with van der Waals surface area (Å²) in [6.07, 6.45) is 1.06. The molecule has 1 spiro atoms. The Morgan fingerprint density at radius 2 is 1.80 bits per heavy atom. The third-order valence-electron chi connectivity index (χ3n) is 9.56. The Balaban J connectivity index is 1.38. The van der Waals surface area contributed by atoms with E-state index in [2.05, 4.69) is 17.6 Å². The molecule has 3 aliphatic rings. The predicted molar refractivity (Wildman–Crippen MR) is 178 cm³/mol. The van der Waals surface area contributed by atoms with Crippen LogP contribution in [0.2, 0.25) is 5.02 Å². The van der Waals surface area contributed by atoms with Crippen molar-refractivity contribution >= 4 is 52.5 Å². The van der Waals surface area contributed by atoms with Crippen LogP contribution in [0, 0.1) is 24.7 Å². The number of nitrogens with zero attached hydrogens (tertiary/aromatic N) is 1. The van der Waals surface area contributed by atoms with Crippen LogP contribution in [0.1, 0.15) is 31.4 Å². The number of carbonyl (C=O) groups excluding carboxylic acids is 3. The first kappa shape index (κ1) is 31.5. The Morgan fingerprint density at radius 3 is 2.47 bits per heavy atom. The van der Waals surface area contributed by atoms with E-state index in [-0.39, 0.29) is 35.5 Å². The minimum atomic E-state index is -0.917. The fraction of sp³-hybridized carbons (Fsp3) is 0.400. The third kappa shape index (κ3) is 5.49. The molecule has 8 nitrogen and oxygen atoms in total. The molecule has 236 valence electrons. The summed E-state index contributed by atoms with van der Waals surface area (Å²) >= 11 is 8.12. The van der Waals surface area contributed by atoms with Crippen molar-refractivity contribution in [3.05, 3.63) is 88.9 Å². The van der Waals surface area contributed by atoms with Crippen molar-refractivity contribution < 1.29 is 24.2 Å². The third-order valence-corrected chi connectivity index (χ3v) is 11.9. The minimum Gasteiger partial charge on any atom is -0.494 e. The number of benzene rings is 3. The van der Waals surface area contributed by atoms with Crippen LogP contribution in [-0.4, -0.2) is 63.0 Å². The second kappa shape index (κ2) is 12.7. The van der Waals surface area contributed by atoms with E-state index in [1.165, 1.54) is 0 Å². The molecule has 0 aliphatic carbocycles. The number of likely N-dealkylation sites (tertiary alicyclic amines) is 1. The summed E-state index contributed by atoms with van der Waals surface area (Å²) < 4.78 is 4.68. The van der Waals surface area contributed by atoms with Crippen LogP contribution in [0.5, 0.6) is 5.75 Å². The summed E-state index contributed by atoms with van der Waals surface area (Å²) in [6, 6.07) is 20.6. The number of thioether (sulfide) groups is 1. The van der Waals surface area contributed by atoms with Gasteiger partial charge in [0.25, 0.3) is 0 Å². The molecule has 3 saturated heterocycles. The highest BCUT2D eigenvalue weighted by molar-refractivity contribution is 8.02. The highest BCUT2D eigenvalue weighted by Gasteiger charge is 2.76. The number of nitrogens with one attached hydrogen (secondary N) is 2. The molecule has 0 radical (unpaired) electrons. The second-order valence-corrected chi connectivity index (χ2v) is 14.1. The molecule has 45 heavy (non-hydrogen) atoms. The first-order valence-electron chi connectivity index (χ1n) is 15.4. The van der Waals surface area contributed by atoms with E-state index in [0.29, 0.717) is 41.6 Å². The van der Waals surface area contributed by atoms with Gasteiger partial charge in [0.05, 0.1) is 46.5 Å². The number of amides is 3. The summed E-state index contributed by atoms with van der Waals surface area (Å²) in [6.45, 7) is 6.06. The first-order chi connectivity index (χ1) is 21.7. The number of halogens is 1. The van der Waals surface area contributed by atoms with E-state index in [1.807, 2.05) is 56.3 Å². The molecule has 2 bridgehead atoms. The van der Waals surface area contributed by atoms with E-state index in [9.17, 15) is 19.5 Å². The standard InChI is InChI=1S/C35H38ClN3O5S/c1-4-44-25-15-13-23(14-16-25)37-32(41)28-27-17-21(3)35(45-27)29(28)34(43)39(24(19-40)18-22-10-6-5-7-11-22)31(35)33(42)38-30-20(2)9-8-12-26(30)36/h5-16,21,24,27-29,31,40H,4,17-19H2,1-3H3,(H,37,41)(H,38,42)/t21?,24-,27+,28-,29+,31?,35?/m1/s1. The van der Waals surface area contributed by atoms with Crippen molar-refractivity contribution in [1.29, 1.82) is 0 Å². The molecule has 3 fully saturated rings. The molecule has 3 unspecified atom stereocenters. The van der Waals surface area contributed by atoms with Gasteiger partial charge in [0.2, 0.25) is 17.7 Å². The topological polar surface area (TPSA) is 108 Å². The quantitative estimate of drug-likeness (QED) is 0.266. The van der Waals surface area contributed by atoms with E-state index >= 15 is 0 Å². The zero-order chi connectivity index (χ0) is 31.9. The highest BCUT2D eigenvalue weighted by Crippen LogP contribution is 2.69. The van der Waals surface area contributed by atoms with Crippen molar-refractivity contribution in [2.75, 3.05) is 23.8 Å². The van der Waals surface area contributed by atoms with Gasteiger partial charge in [0.1, 0.15) is 11.8 Å². The van der Waals surface area contributed by atoms with Gasteiger partial charge in [-0.25, -0.2) is 0 Å². The molecular weight excluding hydrogens is 610 g/mol. The summed E-state index contributed by atoms with van der Waals surface area (Å²) in [7, 11) is 0. The Labute approximate surface area is 272 Å². The molecule has 7 atom stereocenters. The number of aliphatic hydroxyl groups excluding tert-OH is 1. The smallest absolute Gasteiger partial charge is 0.248 e. The number of aryl methyl sites for hydroxylation is 1. The van der Waals surface area contributed by atoms with Crippen LogP contribution >= 0.6 is 23.4 Å². The molecule has 3 aromatic rings. The fourth-order valence-corrected chi connectivity index (χ4v) is 10.3. The number of rotatable bonds is 10. The van der Waals surface area contributed by atoms with Crippen LogP contribution in [0.3, 0.4) is 0 Å². The van der Waals surface area contributed by atoms with Gasteiger partial charge in [-0.15, -0.1) is 11.8 Å². The van der Waals surface area contributed by atoms with Crippen LogP contribution in [0.25, 0.3) is 0 Å². The first-order valence-corrected chi connectivity index (χ1v) is 16.7. The summed E-state index contributed by atoms with van der Waals surface area (Å²) in [5, 5.41) is 17.1. The molecule has 3 heterocycles.